The molecule has 5 rings (SSSR count). The molecule has 3 aliphatic heterocycles. The van der Waals surface area contributed by atoms with Crippen molar-refractivity contribution in [3.8, 4) is 5.75 Å². The van der Waals surface area contributed by atoms with E-state index in [9.17, 15) is 9.59 Å². The van der Waals surface area contributed by atoms with Crippen LogP contribution >= 0.6 is 15.9 Å². The highest BCUT2D eigenvalue weighted by atomic mass is 79.9. The summed E-state index contributed by atoms with van der Waals surface area (Å²) >= 11 is 3.53. The molecule has 1 saturated carbocycles. The lowest BCUT2D eigenvalue weighted by molar-refractivity contribution is -0.146. The molecule has 4 aliphatic rings. The molecular formula is C17H16BrNO4. The number of anilines is 1. The molecular weight excluding hydrogens is 362 g/mol. The molecule has 0 radical (unpaired) electrons. The molecule has 1 aliphatic carbocycles. The number of amides is 1. The predicted molar refractivity (Wildman–Crippen MR) is 85.0 cm³/mol. The first-order chi connectivity index (χ1) is 11.0. The number of carbonyl (C=O) groups excluding carboxylic acids is 2. The van der Waals surface area contributed by atoms with Crippen molar-refractivity contribution in [1.82, 2.24) is 0 Å². The number of carbonyl (C=O) groups is 2. The van der Waals surface area contributed by atoms with Crippen molar-refractivity contribution >= 4 is 33.5 Å². The van der Waals surface area contributed by atoms with E-state index in [0.717, 1.165) is 10.2 Å². The van der Waals surface area contributed by atoms with E-state index >= 15 is 0 Å². The number of ether oxygens (including phenoxy) is 2. The Hall–Kier alpha value is -1.56. The predicted octanol–water partition coefficient (Wildman–Crippen LogP) is 2.37. The summed E-state index contributed by atoms with van der Waals surface area (Å²) in [6, 6.07) is 5.73. The quantitative estimate of drug-likeness (QED) is 0.651. The number of halogens is 1. The van der Waals surface area contributed by atoms with Gasteiger partial charge in [0, 0.05) is 5.92 Å². The fraction of sp³-hybridized carbons (Fsp3) is 0.529. The van der Waals surface area contributed by atoms with Gasteiger partial charge < -0.3 is 9.47 Å². The standard InChI is InChI=1S/C17H16BrNO4/c1-7-11-12-8(6-22-16(12)21)14-17(7,2)19(15(11)20)10-5-3-4-9(18)13(10)23-14/h3-5,7-8,11-12,14H,6H2,1-2H3. The van der Waals surface area contributed by atoms with Crippen molar-refractivity contribution < 1.29 is 19.1 Å². The molecule has 2 bridgehead atoms. The maximum Gasteiger partial charge on any atom is 0.310 e. The van der Waals surface area contributed by atoms with Gasteiger partial charge in [-0.1, -0.05) is 13.0 Å². The average molecular weight is 378 g/mol. The van der Waals surface area contributed by atoms with E-state index in [1.165, 1.54) is 0 Å². The van der Waals surface area contributed by atoms with Gasteiger partial charge in [0.1, 0.15) is 6.10 Å². The van der Waals surface area contributed by atoms with Crippen LogP contribution in [0.15, 0.2) is 22.7 Å². The Kier molecular flexibility index (Phi) is 2.46. The first kappa shape index (κ1) is 13.8. The Morgan fingerprint density at radius 3 is 2.87 bits per heavy atom. The molecule has 1 aromatic rings. The minimum Gasteiger partial charge on any atom is -0.484 e. The summed E-state index contributed by atoms with van der Waals surface area (Å²) in [5.41, 5.74) is 0.357. The highest BCUT2D eigenvalue weighted by molar-refractivity contribution is 9.10. The summed E-state index contributed by atoms with van der Waals surface area (Å²) < 4.78 is 12.5. The molecule has 23 heavy (non-hydrogen) atoms. The molecule has 5 nitrogen and oxygen atoms in total. The average Bonchev–Trinajstić information content (AvgIpc) is 2.95. The fourth-order valence-corrected chi connectivity index (χ4v) is 5.64. The van der Waals surface area contributed by atoms with Crippen LogP contribution in [0, 0.1) is 23.7 Å². The van der Waals surface area contributed by atoms with Gasteiger partial charge in [-0.25, -0.2) is 0 Å². The Morgan fingerprint density at radius 2 is 2.09 bits per heavy atom. The van der Waals surface area contributed by atoms with Crippen LogP contribution in [0.1, 0.15) is 13.8 Å². The largest absolute Gasteiger partial charge is 0.484 e. The lowest BCUT2D eigenvalue weighted by Gasteiger charge is -2.52. The third kappa shape index (κ3) is 1.36. The number of hydrogen-bond acceptors (Lipinski definition) is 4. The van der Waals surface area contributed by atoms with E-state index in [-0.39, 0.29) is 41.7 Å². The molecule has 6 unspecified atom stereocenters. The molecule has 0 aromatic heterocycles. The topological polar surface area (TPSA) is 55.8 Å². The molecule has 1 amide bonds. The molecule has 0 spiro atoms. The normalized spacial score (nSPS) is 42.9. The van der Waals surface area contributed by atoms with Gasteiger partial charge >= 0.3 is 5.97 Å². The van der Waals surface area contributed by atoms with E-state index in [2.05, 4.69) is 29.8 Å². The highest BCUT2D eigenvalue weighted by Crippen LogP contribution is 2.61. The van der Waals surface area contributed by atoms with Crippen molar-refractivity contribution in [2.75, 3.05) is 11.5 Å². The number of esters is 1. The van der Waals surface area contributed by atoms with E-state index in [1.807, 2.05) is 23.1 Å². The van der Waals surface area contributed by atoms with E-state index in [0.29, 0.717) is 12.4 Å². The lowest BCUT2D eigenvalue weighted by Crippen LogP contribution is -2.64. The summed E-state index contributed by atoms with van der Waals surface area (Å²) in [6.45, 7) is 4.49. The molecule has 3 heterocycles. The van der Waals surface area contributed by atoms with E-state index in [4.69, 9.17) is 9.47 Å². The molecule has 2 saturated heterocycles. The number of benzene rings is 1. The summed E-state index contributed by atoms with van der Waals surface area (Å²) in [7, 11) is 0. The summed E-state index contributed by atoms with van der Waals surface area (Å²) in [5.74, 6) is -0.252. The van der Waals surface area contributed by atoms with Crippen LogP contribution in [0.4, 0.5) is 5.69 Å². The fourth-order valence-electron chi connectivity index (χ4n) is 5.20. The maximum absolute atomic E-state index is 13.2. The zero-order valence-corrected chi connectivity index (χ0v) is 14.4. The van der Waals surface area contributed by atoms with E-state index in [1.54, 1.807) is 0 Å². The lowest BCUT2D eigenvalue weighted by atomic mass is 9.61. The van der Waals surface area contributed by atoms with Gasteiger partial charge in [-0.2, -0.15) is 0 Å². The SMILES string of the molecule is CC1C2C(=O)N3c4cccc(Br)c4OC(C4COC(=O)C42)C13C. The van der Waals surface area contributed by atoms with Crippen molar-refractivity contribution in [3.63, 3.8) is 0 Å². The van der Waals surface area contributed by atoms with Crippen LogP contribution in [0.5, 0.6) is 5.75 Å². The second kappa shape index (κ2) is 4.09. The van der Waals surface area contributed by atoms with Gasteiger partial charge in [0.15, 0.2) is 5.75 Å². The minimum atomic E-state index is -0.440. The van der Waals surface area contributed by atoms with Crippen LogP contribution in [0.3, 0.4) is 0 Å². The number of fused-ring (bicyclic) bond motifs is 6. The Morgan fingerprint density at radius 1 is 1.30 bits per heavy atom. The molecule has 1 aromatic carbocycles. The van der Waals surface area contributed by atoms with Gasteiger partial charge in [0.2, 0.25) is 5.91 Å². The second-order valence-corrected chi connectivity index (χ2v) is 8.01. The van der Waals surface area contributed by atoms with Crippen molar-refractivity contribution in [3.05, 3.63) is 22.7 Å². The van der Waals surface area contributed by atoms with Gasteiger partial charge in [0.25, 0.3) is 0 Å². The molecule has 0 N–H and O–H groups in total. The third-order valence-corrected chi connectivity index (χ3v) is 7.01. The number of nitrogens with zero attached hydrogens (tertiary/aromatic N) is 1. The zero-order chi connectivity index (χ0) is 16.1. The van der Waals surface area contributed by atoms with Gasteiger partial charge in [-0.15, -0.1) is 0 Å². The first-order valence-corrected chi connectivity index (χ1v) is 8.71. The zero-order valence-electron chi connectivity index (χ0n) is 12.8. The van der Waals surface area contributed by atoms with Crippen LogP contribution in [-0.2, 0) is 14.3 Å². The number of cyclic esters (lactones) is 1. The van der Waals surface area contributed by atoms with Crippen LogP contribution in [0.25, 0.3) is 0 Å². The summed E-state index contributed by atoms with van der Waals surface area (Å²) in [6.07, 6.45) is -0.233. The Bertz CT molecular complexity index is 765. The monoisotopic (exact) mass is 377 g/mol. The van der Waals surface area contributed by atoms with Gasteiger partial charge in [-0.05, 0) is 40.9 Å². The molecule has 6 heteroatoms. The highest BCUT2D eigenvalue weighted by Gasteiger charge is 2.72. The third-order valence-electron chi connectivity index (χ3n) is 6.38. The summed E-state index contributed by atoms with van der Waals surface area (Å²) in [5, 5.41) is 0. The van der Waals surface area contributed by atoms with Crippen molar-refractivity contribution in [1.29, 1.82) is 0 Å². The van der Waals surface area contributed by atoms with Crippen molar-refractivity contribution in [2.24, 2.45) is 23.7 Å². The molecule has 120 valence electrons. The first-order valence-electron chi connectivity index (χ1n) is 7.92. The second-order valence-electron chi connectivity index (χ2n) is 7.16. The van der Waals surface area contributed by atoms with Crippen molar-refractivity contribution in [2.45, 2.75) is 25.5 Å². The minimum absolute atomic E-state index is 0.0269. The maximum atomic E-state index is 13.2. The number of hydrogen-bond donors (Lipinski definition) is 0. The van der Waals surface area contributed by atoms with Crippen LogP contribution < -0.4 is 9.64 Å². The number of para-hydroxylation sites is 1. The number of rotatable bonds is 0. The Balaban J connectivity index is 1.79. The van der Waals surface area contributed by atoms with Gasteiger partial charge in [-0.3, -0.25) is 14.5 Å². The smallest absolute Gasteiger partial charge is 0.310 e. The summed E-state index contributed by atoms with van der Waals surface area (Å²) in [4.78, 5) is 27.4. The molecule has 6 atom stereocenters. The molecule has 3 fully saturated rings. The van der Waals surface area contributed by atoms with Crippen LogP contribution in [-0.4, -0.2) is 30.1 Å². The Labute approximate surface area is 142 Å². The van der Waals surface area contributed by atoms with E-state index < -0.39 is 5.54 Å². The van der Waals surface area contributed by atoms with Crippen LogP contribution in [0.2, 0.25) is 0 Å². The van der Waals surface area contributed by atoms with Gasteiger partial charge in [0.05, 0.1) is 34.1 Å².